The second-order valence-corrected chi connectivity index (χ2v) is 15.5. The van der Waals surface area contributed by atoms with E-state index in [2.05, 4.69) is 72.8 Å². The Balaban J connectivity index is 0.830. The summed E-state index contributed by atoms with van der Waals surface area (Å²) < 4.78 is 6.75. The van der Waals surface area contributed by atoms with Crippen LogP contribution in [0.15, 0.2) is 133 Å². The molecule has 0 aliphatic carbocycles. The van der Waals surface area contributed by atoms with Gasteiger partial charge in [0.1, 0.15) is 12.6 Å². The van der Waals surface area contributed by atoms with Crippen molar-refractivity contribution in [1.29, 1.82) is 0 Å². The number of hydrogen-bond donors (Lipinski definition) is 1. The highest BCUT2D eigenvalue weighted by molar-refractivity contribution is 6.21. The molecule has 3 amide bonds. The second kappa shape index (κ2) is 17.3. The second-order valence-electron chi connectivity index (χ2n) is 15.5. The monoisotopic (exact) mass is 735 g/mol. The molecular weight excluding hydrogens is 685 g/mol. The Morgan fingerprint density at radius 2 is 1.20 bits per heavy atom. The standard InChI is InChI=1S/C47H50N4O4/c1-51(2,32-12-11-29-50-45(52)42-17-9-10-18-43(42)46(50)53)34-36-21-25-38(26-22-36)37-23-19-35(20-24-37)33-49-30-27-41(28-31-49)55-47(54)48-44(39-13-5-3-6-14-39)40-15-7-4-8-16-40/h3-10,13-26,41,44H,11-12,27-34H2,1-2H3/p+1. The first-order valence-electron chi connectivity index (χ1n) is 19.5. The number of benzene rings is 5. The van der Waals surface area contributed by atoms with Gasteiger partial charge in [-0.15, -0.1) is 0 Å². The molecule has 5 aromatic rings. The lowest BCUT2D eigenvalue weighted by atomic mass is 9.99. The number of nitrogens with zero attached hydrogens (tertiary/aromatic N) is 3. The molecule has 0 aromatic heterocycles. The summed E-state index contributed by atoms with van der Waals surface area (Å²) >= 11 is 0. The normalized spacial score (nSPS) is 15.0. The Labute approximate surface area is 324 Å². The van der Waals surface area contributed by atoms with Crippen LogP contribution in [0.3, 0.4) is 0 Å². The molecule has 0 unspecified atom stereocenters. The van der Waals surface area contributed by atoms with Crippen LogP contribution in [0.4, 0.5) is 4.79 Å². The Hall–Kier alpha value is -5.57. The minimum atomic E-state index is -0.377. The van der Waals surface area contributed by atoms with Crippen LogP contribution >= 0.6 is 0 Å². The fourth-order valence-corrected chi connectivity index (χ4v) is 7.83. The summed E-state index contributed by atoms with van der Waals surface area (Å²) in [6, 6.07) is 44.5. The van der Waals surface area contributed by atoms with E-state index in [-0.39, 0.29) is 30.1 Å². The first kappa shape index (κ1) is 37.7. The van der Waals surface area contributed by atoms with Crippen LogP contribution in [-0.2, 0) is 17.8 Å². The third-order valence-electron chi connectivity index (χ3n) is 10.9. The molecule has 1 N–H and O–H groups in total. The maximum atomic E-state index is 13.0. The lowest BCUT2D eigenvalue weighted by Crippen LogP contribution is -2.40. The van der Waals surface area contributed by atoms with E-state index in [1.54, 1.807) is 24.3 Å². The molecule has 2 heterocycles. The summed E-state index contributed by atoms with van der Waals surface area (Å²) in [5, 5.41) is 3.11. The van der Waals surface area contributed by atoms with Crippen LogP contribution in [0, 0.1) is 0 Å². The highest BCUT2D eigenvalue weighted by Gasteiger charge is 2.34. The predicted octanol–water partition coefficient (Wildman–Crippen LogP) is 8.49. The molecular formula is C47H51N4O4+. The van der Waals surface area contributed by atoms with Crippen molar-refractivity contribution in [2.45, 2.75) is 50.9 Å². The molecule has 0 bridgehead atoms. The molecule has 2 aliphatic rings. The highest BCUT2D eigenvalue weighted by atomic mass is 16.6. The van der Waals surface area contributed by atoms with Crippen molar-refractivity contribution < 1.29 is 23.6 Å². The maximum Gasteiger partial charge on any atom is 0.408 e. The van der Waals surface area contributed by atoms with Crippen molar-refractivity contribution in [1.82, 2.24) is 15.1 Å². The smallest absolute Gasteiger partial charge is 0.408 e. The Bertz CT molecular complexity index is 1980. The van der Waals surface area contributed by atoms with Crippen LogP contribution < -0.4 is 5.32 Å². The predicted molar refractivity (Wildman–Crippen MR) is 216 cm³/mol. The zero-order valence-corrected chi connectivity index (χ0v) is 31.9. The van der Waals surface area contributed by atoms with Gasteiger partial charge in [-0.2, -0.15) is 0 Å². The van der Waals surface area contributed by atoms with Gasteiger partial charge in [-0.05, 0) is 65.6 Å². The summed E-state index contributed by atoms with van der Waals surface area (Å²) in [6.45, 7) is 4.94. The molecule has 0 radical (unpaired) electrons. The average Bonchev–Trinajstić information content (AvgIpc) is 3.45. The minimum absolute atomic E-state index is 0.101. The number of fused-ring (bicyclic) bond motifs is 1. The van der Waals surface area contributed by atoms with E-state index in [0.717, 1.165) is 74.0 Å². The molecule has 0 atom stereocenters. The molecule has 2 aliphatic heterocycles. The number of carbonyl (C=O) groups excluding carboxylic acids is 3. The zero-order valence-electron chi connectivity index (χ0n) is 31.9. The van der Waals surface area contributed by atoms with Crippen LogP contribution in [-0.4, -0.2) is 78.6 Å². The number of likely N-dealkylation sites (tertiary alicyclic amines) is 1. The zero-order chi connectivity index (χ0) is 38.2. The fourth-order valence-electron chi connectivity index (χ4n) is 7.83. The quantitative estimate of drug-likeness (QED) is 0.0704. The van der Waals surface area contributed by atoms with Crippen LogP contribution in [0.1, 0.15) is 74.7 Å². The molecule has 1 fully saturated rings. The van der Waals surface area contributed by atoms with Gasteiger partial charge < -0.3 is 14.5 Å². The largest absolute Gasteiger partial charge is 0.446 e. The Kier molecular flexibility index (Phi) is 11.8. The van der Waals surface area contributed by atoms with E-state index in [4.69, 9.17) is 4.74 Å². The van der Waals surface area contributed by atoms with Crippen molar-refractivity contribution in [3.05, 3.63) is 167 Å². The molecule has 7 rings (SSSR count). The summed E-state index contributed by atoms with van der Waals surface area (Å²) in [6.07, 6.45) is 2.86. The van der Waals surface area contributed by atoms with Gasteiger partial charge in [0.2, 0.25) is 0 Å². The SMILES string of the molecule is C[N+](C)(CCCCN1C(=O)c2ccccc2C1=O)Cc1ccc(-c2ccc(CN3CCC(OC(=O)NC(c4ccccc4)c4ccccc4)CC3)cc2)cc1. The number of amides is 3. The first-order valence-corrected chi connectivity index (χ1v) is 19.5. The molecule has 5 aromatic carbocycles. The van der Waals surface area contributed by atoms with Crippen LogP contribution in [0.2, 0.25) is 0 Å². The Morgan fingerprint density at radius 3 is 1.75 bits per heavy atom. The maximum absolute atomic E-state index is 13.0. The van der Waals surface area contributed by atoms with Gasteiger partial charge in [-0.1, -0.05) is 121 Å². The number of hydrogen-bond acceptors (Lipinski definition) is 5. The molecule has 1 saturated heterocycles. The Morgan fingerprint density at radius 1 is 0.691 bits per heavy atom. The lowest BCUT2D eigenvalue weighted by Gasteiger charge is -2.32. The van der Waals surface area contributed by atoms with E-state index in [9.17, 15) is 14.4 Å². The average molecular weight is 736 g/mol. The summed E-state index contributed by atoms with van der Waals surface area (Å²) in [5.41, 5.74) is 8.01. The number of alkyl carbamates (subject to hydrolysis) is 1. The number of piperidine rings is 1. The van der Waals surface area contributed by atoms with E-state index in [1.807, 2.05) is 60.7 Å². The van der Waals surface area contributed by atoms with Gasteiger partial charge in [0.05, 0.1) is 37.8 Å². The molecule has 0 spiro atoms. The third-order valence-corrected chi connectivity index (χ3v) is 10.9. The number of imide groups is 1. The number of quaternary nitrogens is 1. The van der Waals surface area contributed by atoms with Crippen molar-refractivity contribution >= 4 is 17.9 Å². The van der Waals surface area contributed by atoms with E-state index in [1.165, 1.54) is 27.2 Å². The molecule has 55 heavy (non-hydrogen) atoms. The molecule has 8 heteroatoms. The number of rotatable bonds is 14. The fraction of sp³-hybridized carbons (Fsp3) is 0.298. The first-order chi connectivity index (χ1) is 26.7. The number of carbonyl (C=O) groups is 3. The van der Waals surface area contributed by atoms with Crippen molar-refractivity contribution in [2.75, 3.05) is 40.3 Å². The molecule has 0 saturated carbocycles. The number of ether oxygens (including phenoxy) is 1. The highest BCUT2D eigenvalue weighted by Crippen LogP contribution is 2.26. The minimum Gasteiger partial charge on any atom is -0.446 e. The van der Waals surface area contributed by atoms with Gasteiger partial charge in [-0.25, -0.2) is 4.79 Å². The van der Waals surface area contributed by atoms with Gasteiger partial charge in [-0.3, -0.25) is 19.4 Å². The van der Waals surface area contributed by atoms with Crippen molar-refractivity contribution in [2.24, 2.45) is 0 Å². The van der Waals surface area contributed by atoms with Crippen molar-refractivity contribution in [3.8, 4) is 11.1 Å². The molecule has 8 nitrogen and oxygen atoms in total. The molecule has 282 valence electrons. The van der Waals surface area contributed by atoms with Gasteiger partial charge in [0, 0.05) is 31.7 Å². The number of unbranched alkanes of at least 4 members (excludes halogenated alkanes) is 1. The van der Waals surface area contributed by atoms with E-state index >= 15 is 0 Å². The van der Waals surface area contributed by atoms with Gasteiger partial charge >= 0.3 is 6.09 Å². The van der Waals surface area contributed by atoms with E-state index in [0.29, 0.717) is 17.7 Å². The van der Waals surface area contributed by atoms with Gasteiger partial charge in [0.15, 0.2) is 0 Å². The third kappa shape index (κ3) is 9.57. The topological polar surface area (TPSA) is 79.0 Å². The summed E-state index contributed by atoms with van der Waals surface area (Å²) in [7, 11) is 4.46. The lowest BCUT2D eigenvalue weighted by molar-refractivity contribution is -0.903. The van der Waals surface area contributed by atoms with Crippen molar-refractivity contribution in [3.63, 3.8) is 0 Å². The van der Waals surface area contributed by atoms with Crippen LogP contribution in [0.25, 0.3) is 11.1 Å². The summed E-state index contributed by atoms with van der Waals surface area (Å²) in [4.78, 5) is 42.2. The van der Waals surface area contributed by atoms with Gasteiger partial charge in [0.25, 0.3) is 11.8 Å². The van der Waals surface area contributed by atoms with E-state index < -0.39 is 0 Å². The summed E-state index contributed by atoms with van der Waals surface area (Å²) in [5.74, 6) is -0.349. The van der Waals surface area contributed by atoms with Crippen LogP contribution in [0.5, 0.6) is 0 Å². The number of nitrogens with one attached hydrogen (secondary N) is 1.